The van der Waals surface area contributed by atoms with E-state index in [0.717, 1.165) is 17.5 Å². The van der Waals surface area contributed by atoms with Gasteiger partial charge >= 0.3 is 5.97 Å². The number of ether oxygens (including phenoxy) is 1. The van der Waals surface area contributed by atoms with Crippen LogP contribution in [0.25, 0.3) is 22.3 Å². The van der Waals surface area contributed by atoms with Crippen LogP contribution in [0.5, 0.6) is 0 Å². The Morgan fingerprint density at radius 2 is 1.90 bits per heavy atom. The van der Waals surface area contributed by atoms with Gasteiger partial charge in [0, 0.05) is 43.0 Å². The molecule has 4 heterocycles. The van der Waals surface area contributed by atoms with E-state index in [2.05, 4.69) is 15.6 Å². The molecule has 11 nitrogen and oxygen atoms in total. The number of methoxy groups -OCH3 is 1. The van der Waals surface area contributed by atoms with Gasteiger partial charge in [-0.3, -0.25) is 14.6 Å². The van der Waals surface area contributed by atoms with Crippen molar-refractivity contribution in [1.29, 1.82) is 0 Å². The molecular weight excluding hydrogens is 544 g/mol. The minimum atomic E-state index is -3.45. The summed E-state index contributed by atoms with van der Waals surface area (Å²) in [6.45, 7) is 3.62. The second-order valence-corrected chi connectivity index (χ2v) is 11.8. The van der Waals surface area contributed by atoms with Crippen molar-refractivity contribution in [3.05, 3.63) is 77.6 Å². The molecule has 12 heteroatoms. The van der Waals surface area contributed by atoms with E-state index in [-0.39, 0.29) is 23.0 Å². The topological polar surface area (TPSA) is 143 Å². The zero-order valence-electron chi connectivity index (χ0n) is 22.9. The minimum Gasteiger partial charge on any atom is -0.468 e. The molecule has 0 aliphatic carbocycles. The number of sulfone groups is 1. The second-order valence-electron chi connectivity index (χ2n) is 9.86. The number of nitrogens with zero attached hydrogens (tertiary/aromatic N) is 4. The number of pyridine rings is 3. The van der Waals surface area contributed by atoms with Crippen molar-refractivity contribution in [2.45, 2.75) is 24.4 Å². The number of fused-ring (bicyclic) bond motifs is 1. The Labute approximate surface area is 237 Å². The van der Waals surface area contributed by atoms with Crippen LogP contribution in [-0.2, 0) is 25.9 Å². The Hall–Kier alpha value is -4.42. The number of rotatable bonds is 7. The summed E-state index contributed by atoms with van der Waals surface area (Å²) in [5.74, 6) is 0.0371. The zero-order valence-corrected chi connectivity index (χ0v) is 23.7. The van der Waals surface area contributed by atoms with Crippen molar-refractivity contribution in [3.63, 3.8) is 0 Å². The van der Waals surface area contributed by atoms with E-state index in [1.807, 2.05) is 35.2 Å². The highest BCUT2D eigenvalue weighted by Gasteiger charge is 2.27. The first-order chi connectivity index (χ1) is 19.6. The van der Waals surface area contributed by atoms with Crippen molar-refractivity contribution in [3.8, 4) is 11.4 Å². The van der Waals surface area contributed by atoms with Crippen LogP contribution in [0.3, 0.4) is 0 Å². The van der Waals surface area contributed by atoms with E-state index in [0.29, 0.717) is 47.8 Å². The lowest BCUT2D eigenvalue weighted by molar-refractivity contribution is -0.143. The highest BCUT2D eigenvalue weighted by Crippen LogP contribution is 2.23. The molecule has 0 radical (unpaired) electrons. The first kappa shape index (κ1) is 28.1. The zero-order chi connectivity index (χ0) is 29.1. The van der Waals surface area contributed by atoms with Gasteiger partial charge in [0.2, 0.25) is 0 Å². The van der Waals surface area contributed by atoms with Crippen LogP contribution in [0.15, 0.2) is 65.7 Å². The molecule has 1 aliphatic heterocycles. The van der Waals surface area contributed by atoms with Gasteiger partial charge in [-0.1, -0.05) is 12.1 Å². The van der Waals surface area contributed by atoms with E-state index < -0.39 is 21.8 Å². The van der Waals surface area contributed by atoms with E-state index >= 15 is 0 Å². The van der Waals surface area contributed by atoms with Crippen LogP contribution in [0.2, 0.25) is 0 Å². The number of esters is 1. The highest BCUT2D eigenvalue weighted by molar-refractivity contribution is 7.90. The molecular formula is C29H30N6O5S. The molecule has 4 aromatic rings. The largest absolute Gasteiger partial charge is 0.468 e. The summed E-state index contributed by atoms with van der Waals surface area (Å²) in [5, 5.41) is 6.80. The molecule has 2 N–H and O–H groups in total. The van der Waals surface area contributed by atoms with Gasteiger partial charge < -0.3 is 20.3 Å². The van der Waals surface area contributed by atoms with Crippen LogP contribution in [0.4, 0.5) is 5.82 Å². The number of carbonyl (C=O) groups excluding carboxylic acids is 2. The Morgan fingerprint density at radius 1 is 1.10 bits per heavy atom. The Morgan fingerprint density at radius 3 is 2.68 bits per heavy atom. The van der Waals surface area contributed by atoms with Gasteiger partial charge in [0.25, 0.3) is 5.91 Å². The molecule has 41 heavy (non-hydrogen) atoms. The predicted molar refractivity (Wildman–Crippen MR) is 154 cm³/mol. The smallest absolute Gasteiger partial charge is 0.324 e. The molecule has 0 spiro atoms. The maximum Gasteiger partial charge on any atom is 0.324 e. The van der Waals surface area contributed by atoms with Crippen LogP contribution in [0, 0.1) is 6.92 Å². The lowest BCUT2D eigenvalue weighted by atomic mass is 10.1. The van der Waals surface area contributed by atoms with Crippen molar-refractivity contribution >= 4 is 38.4 Å². The average Bonchev–Trinajstić information content (AvgIpc) is 2.98. The maximum atomic E-state index is 12.8. The van der Waals surface area contributed by atoms with Gasteiger partial charge in [-0.2, -0.15) is 0 Å². The fourth-order valence-corrected chi connectivity index (χ4v) is 5.71. The standard InChI is InChI=1S/C29H30N6O5S/c1-18-7-8-19(13-26(18)41(3,38)39)28(36)32-16-21-14-24-20(15-31-21)9-10-23(33-24)22-5-4-6-27(34-22)35-12-11-30-25(17-35)29(37)40-2/h4-10,13-15,25,30H,11-12,16-17H2,1-3H3,(H,32,36). The summed E-state index contributed by atoms with van der Waals surface area (Å²) in [7, 11) is -2.08. The summed E-state index contributed by atoms with van der Waals surface area (Å²) < 4.78 is 29.0. The SMILES string of the molecule is COC(=O)C1CN(c2cccc(-c3ccc4cnc(CNC(=O)c5ccc(C)c(S(C)(=O)=O)c5)cc4n3)n2)CCN1. The van der Waals surface area contributed by atoms with Crippen molar-refractivity contribution in [1.82, 2.24) is 25.6 Å². The number of carbonyl (C=O) groups is 2. The first-order valence-corrected chi connectivity index (χ1v) is 14.9. The fourth-order valence-electron chi connectivity index (χ4n) is 4.71. The van der Waals surface area contributed by atoms with Gasteiger partial charge in [-0.05, 0) is 55.0 Å². The fraction of sp³-hybridized carbons (Fsp3) is 0.276. The lowest BCUT2D eigenvalue weighted by Crippen LogP contribution is -2.54. The Balaban J connectivity index is 1.33. The Kier molecular flexibility index (Phi) is 7.95. The first-order valence-electron chi connectivity index (χ1n) is 13.0. The van der Waals surface area contributed by atoms with Gasteiger partial charge in [0.1, 0.15) is 11.9 Å². The number of amides is 1. The quantitative estimate of drug-likeness (QED) is 0.316. The maximum absolute atomic E-state index is 12.8. The summed E-state index contributed by atoms with van der Waals surface area (Å²) in [4.78, 5) is 41.0. The minimum absolute atomic E-state index is 0.128. The molecule has 1 fully saturated rings. The number of aryl methyl sites for hydroxylation is 1. The molecule has 1 amide bonds. The van der Waals surface area contributed by atoms with Gasteiger partial charge in [0.05, 0.1) is 41.1 Å². The van der Waals surface area contributed by atoms with Crippen LogP contribution < -0.4 is 15.5 Å². The van der Waals surface area contributed by atoms with Crippen molar-refractivity contribution in [2.75, 3.05) is 37.9 Å². The van der Waals surface area contributed by atoms with E-state index in [1.165, 1.54) is 13.2 Å². The molecule has 3 aromatic heterocycles. The molecule has 5 rings (SSSR count). The Bertz CT molecular complexity index is 1740. The van der Waals surface area contributed by atoms with Crippen LogP contribution in [-0.4, -0.2) is 74.3 Å². The normalized spacial score (nSPS) is 15.5. The second kappa shape index (κ2) is 11.6. The number of piperazine rings is 1. The number of aromatic nitrogens is 3. The third-order valence-electron chi connectivity index (χ3n) is 6.89. The van der Waals surface area contributed by atoms with Gasteiger partial charge in [-0.25, -0.2) is 18.4 Å². The summed E-state index contributed by atoms with van der Waals surface area (Å²) in [5.41, 5.74) is 3.49. The third-order valence-corrected chi connectivity index (χ3v) is 8.13. The van der Waals surface area contributed by atoms with Crippen molar-refractivity contribution < 1.29 is 22.7 Å². The van der Waals surface area contributed by atoms with Crippen molar-refractivity contribution in [2.24, 2.45) is 0 Å². The summed E-state index contributed by atoms with van der Waals surface area (Å²) in [6, 6.07) is 15.5. The van der Waals surface area contributed by atoms with Gasteiger partial charge in [0.15, 0.2) is 9.84 Å². The van der Waals surface area contributed by atoms with Crippen LogP contribution >= 0.6 is 0 Å². The molecule has 0 saturated carbocycles. The molecule has 1 saturated heterocycles. The molecule has 1 aliphatic rings. The predicted octanol–water partition coefficient (Wildman–Crippen LogP) is 2.28. The monoisotopic (exact) mass is 574 g/mol. The highest BCUT2D eigenvalue weighted by atomic mass is 32.2. The van der Waals surface area contributed by atoms with Crippen LogP contribution in [0.1, 0.15) is 21.6 Å². The molecule has 212 valence electrons. The molecule has 1 unspecified atom stereocenters. The summed E-state index contributed by atoms with van der Waals surface area (Å²) >= 11 is 0. The number of hydrogen-bond donors (Lipinski definition) is 2. The molecule has 1 atom stereocenters. The molecule has 1 aromatic carbocycles. The lowest BCUT2D eigenvalue weighted by Gasteiger charge is -2.33. The number of anilines is 1. The average molecular weight is 575 g/mol. The van der Waals surface area contributed by atoms with E-state index in [9.17, 15) is 18.0 Å². The number of benzene rings is 1. The number of nitrogens with one attached hydrogen (secondary N) is 2. The van der Waals surface area contributed by atoms with E-state index in [1.54, 1.807) is 31.3 Å². The number of hydrogen-bond acceptors (Lipinski definition) is 10. The third kappa shape index (κ3) is 6.34. The molecule has 0 bridgehead atoms. The van der Waals surface area contributed by atoms with Gasteiger partial charge in [-0.15, -0.1) is 0 Å². The summed E-state index contributed by atoms with van der Waals surface area (Å²) in [6.07, 6.45) is 2.81. The van der Waals surface area contributed by atoms with E-state index in [4.69, 9.17) is 14.7 Å².